The predicted molar refractivity (Wildman–Crippen MR) is 119 cm³/mol. The predicted octanol–water partition coefficient (Wildman–Crippen LogP) is 0.825. The fourth-order valence-corrected chi connectivity index (χ4v) is 4.40. The van der Waals surface area contributed by atoms with Crippen LogP contribution >= 0.6 is 0 Å². The van der Waals surface area contributed by atoms with Crippen LogP contribution in [0.25, 0.3) is 0 Å². The van der Waals surface area contributed by atoms with Crippen LogP contribution in [0, 0.1) is 0 Å². The summed E-state index contributed by atoms with van der Waals surface area (Å²) in [6.45, 7) is 5.65. The molecule has 1 fully saturated rings. The molecule has 2 N–H and O–H groups in total. The van der Waals surface area contributed by atoms with Crippen molar-refractivity contribution in [3.63, 3.8) is 0 Å². The number of pyridine rings is 1. The lowest BCUT2D eigenvalue weighted by Crippen LogP contribution is -2.45. The molecule has 0 saturated carbocycles. The number of anilines is 1. The minimum absolute atomic E-state index is 0.0663. The number of hydrogen-bond donors (Lipinski definition) is 2. The fraction of sp³-hybridized carbons (Fsp3) is 0.429. The van der Waals surface area contributed by atoms with E-state index < -0.39 is 22.0 Å². The molecular formula is C21H29N5O4S. The summed E-state index contributed by atoms with van der Waals surface area (Å²) in [7, 11) is -0.213. The first-order valence-corrected chi connectivity index (χ1v) is 11.6. The van der Waals surface area contributed by atoms with Crippen LogP contribution in [0.4, 0.5) is 5.82 Å². The minimum atomic E-state index is -3.82. The van der Waals surface area contributed by atoms with E-state index in [4.69, 9.17) is 4.74 Å². The standard InChI is InChI=1S/C21H29N5O4S/c1-16(24-31(28,29)19-7-5-18(30-3)6-8-19)21(27)23-15-17-4-9-20(22-14-17)26-12-10-25(2)11-13-26/h4-9,14,16,24H,10-13,15H2,1-3H3,(H,23,27)/t16-/m0/s1. The molecule has 1 atom stereocenters. The number of methoxy groups -OCH3 is 1. The summed E-state index contributed by atoms with van der Waals surface area (Å²) < 4.78 is 32.4. The number of carbonyl (C=O) groups is 1. The van der Waals surface area contributed by atoms with E-state index in [0.717, 1.165) is 37.6 Å². The quantitative estimate of drug-likeness (QED) is 0.618. The maximum atomic E-state index is 12.5. The average molecular weight is 448 g/mol. The van der Waals surface area contributed by atoms with Crippen molar-refractivity contribution in [2.75, 3.05) is 45.2 Å². The lowest BCUT2D eigenvalue weighted by molar-refractivity contribution is -0.122. The minimum Gasteiger partial charge on any atom is -0.497 e. The Balaban J connectivity index is 1.51. The molecule has 1 aromatic carbocycles. The highest BCUT2D eigenvalue weighted by molar-refractivity contribution is 7.89. The van der Waals surface area contributed by atoms with Crippen LogP contribution in [0.15, 0.2) is 47.5 Å². The van der Waals surface area contributed by atoms with Crippen molar-refractivity contribution in [2.24, 2.45) is 0 Å². The van der Waals surface area contributed by atoms with Gasteiger partial charge in [0.25, 0.3) is 0 Å². The van der Waals surface area contributed by atoms with Gasteiger partial charge in [-0.25, -0.2) is 13.4 Å². The monoisotopic (exact) mass is 447 g/mol. The number of sulfonamides is 1. The first-order valence-electron chi connectivity index (χ1n) is 10.1. The van der Waals surface area contributed by atoms with Crippen molar-refractivity contribution in [3.05, 3.63) is 48.2 Å². The van der Waals surface area contributed by atoms with Crippen molar-refractivity contribution in [3.8, 4) is 5.75 Å². The number of nitrogens with one attached hydrogen (secondary N) is 2. The van der Waals surface area contributed by atoms with Crippen LogP contribution in [0.5, 0.6) is 5.75 Å². The lowest BCUT2D eigenvalue weighted by Gasteiger charge is -2.33. The van der Waals surface area contributed by atoms with Gasteiger partial charge in [0.15, 0.2) is 0 Å². The van der Waals surface area contributed by atoms with E-state index in [-0.39, 0.29) is 11.4 Å². The molecular weight excluding hydrogens is 418 g/mol. The molecule has 2 aromatic rings. The van der Waals surface area contributed by atoms with Gasteiger partial charge >= 0.3 is 0 Å². The fourth-order valence-electron chi connectivity index (χ4n) is 3.20. The van der Waals surface area contributed by atoms with Gasteiger partial charge in [-0.15, -0.1) is 0 Å². The first kappa shape index (κ1) is 23.0. The smallest absolute Gasteiger partial charge is 0.241 e. The van der Waals surface area contributed by atoms with Crippen molar-refractivity contribution in [1.82, 2.24) is 19.9 Å². The molecule has 0 radical (unpaired) electrons. The summed E-state index contributed by atoms with van der Waals surface area (Å²) in [5.41, 5.74) is 0.844. The number of amides is 1. The summed E-state index contributed by atoms with van der Waals surface area (Å²) in [6.07, 6.45) is 1.74. The van der Waals surface area contributed by atoms with E-state index in [9.17, 15) is 13.2 Å². The summed E-state index contributed by atoms with van der Waals surface area (Å²) in [5, 5.41) is 2.75. The second kappa shape index (κ2) is 10.1. The van der Waals surface area contributed by atoms with Gasteiger partial charge in [0.1, 0.15) is 11.6 Å². The summed E-state index contributed by atoms with van der Waals surface area (Å²) >= 11 is 0. The molecule has 31 heavy (non-hydrogen) atoms. The third kappa shape index (κ3) is 6.16. The Labute approximate surface area is 183 Å². The Kier molecular flexibility index (Phi) is 7.47. The number of aromatic nitrogens is 1. The van der Waals surface area contributed by atoms with Crippen molar-refractivity contribution >= 4 is 21.7 Å². The maximum absolute atomic E-state index is 12.5. The number of nitrogens with zero attached hydrogens (tertiary/aromatic N) is 3. The van der Waals surface area contributed by atoms with Gasteiger partial charge in [0.2, 0.25) is 15.9 Å². The first-order chi connectivity index (χ1) is 14.8. The highest BCUT2D eigenvalue weighted by atomic mass is 32.2. The SMILES string of the molecule is COc1ccc(S(=O)(=O)N[C@@H](C)C(=O)NCc2ccc(N3CCN(C)CC3)nc2)cc1. The van der Waals surface area contributed by atoms with E-state index in [0.29, 0.717) is 5.75 Å². The number of rotatable bonds is 8. The Morgan fingerprint density at radius 3 is 2.39 bits per heavy atom. The van der Waals surface area contributed by atoms with Crippen LogP contribution in [0.3, 0.4) is 0 Å². The second-order valence-electron chi connectivity index (χ2n) is 7.55. The van der Waals surface area contributed by atoms with E-state index in [1.807, 2.05) is 12.1 Å². The summed E-state index contributed by atoms with van der Waals surface area (Å²) in [5.74, 6) is 1.06. The summed E-state index contributed by atoms with van der Waals surface area (Å²) in [4.78, 5) is 21.5. The molecule has 0 unspecified atom stereocenters. The maximum Gasteiger partial charge on any atom is 0.241 e. The molecule has 10 heteroatoms. The zero-order chi connectivity index (χ0) is 22.4. The molecule has 1 saturated heterocycles. The van der Waals surface area contributed by atoms with Crippen LogP contribution in [-0.4, -0.2) is 70.6 Å². The molecule has 0 aliphatic carbocycles. The third-order valence-corrected chi connectivity index (χ3v) is 6.75. The van der Waals surface area contributed by atoms with Gasteiger partial charge in [-0.1, -0.05) is 6.07 Å². The number of carbonyl (C=O) groups excluding carboxylic acids is 1. The van der Waals surface area contributed by atoms with Gasteiger partial charge in [0.05, 0.1) is 18.0 Å². The van der Waals surface area contributed by atoms with E-state index in [1.54, 1.807) is 18.3 Å². The van der Waals surface area contributed by atoms with Crippen molar-refractivity contribution in [1.29, 1.82) is 0 Å². The van der Waals surface area contributed by atoms with Gasteiger partial charge in [-0.2, -0.15) is 4.72 Å². The number of hydrogen-bond acceptors (Lipinski definition) is 7. The van der Waals surface area contributed by atoms with Crippen LogP contribution < -0.4 is 19.7 Å². The zero-order valence-corrected chi connectivity index (χ0v) is 18.9. The average Bonchev–Trinajstić information content (AvgIpc) is 2.78. The molecule has 2 heterocycles. The molecule has 1 amide bonds. The second-order valence-corrected chi connectivity index (χ2v) is 9.27. The molecule has 0 bridgehead atoms. The number of benzene rings is 1. The number of ether oxygens (including phenoxy) is 1. The molecule has 3 rings (SSSR count). The van der Waals surface area contributed by atoms with Crippen LogP contribution in [0.2, 0.25) is 0 Å². The third-order valence-electron chi connectivity index (χ3n) is 5.20. The highest BCUT2D eigenvalue weighted by Crippen LogP contribution is 2.16. The van der Waals surface area contributed by atoms with Crippen molar-refractivity contribution in [2.45, 2.75) is 24.4 Å². The topological polar surface area (TPSA) is 104 Å². The van der Waals surface area contributed by atoms with Crippen LogP contribution in [0.1, 0.15) is 12.5 Å². The molecule has 0 spiro atoms. The molecule has 1 aliphatic heterocycles. The van der Waals surface area contributed by atoms with E-state index >= 15 is 0 Å². The van der Waals surface area contributed by atoms with E-state index in [2.05, 4.69) is 31.9 Å². The number of piperazine rings is 1. The number of likely N-dealkylation sites (N-methyl/N-ethyl adjacent to an activating group) is 1. The van der Waals surface area contributed by atoms with Gasteiger partial charge in [-0.05, 0) is 49.9 Å². The Hall–Kier alpha value is -2.69. The van der Waals surface area contributed by atoms with Gasteiger partial charge in [0, 0.05) is 38.9 Å². The highest BCUT2D eigenvalue weighted by Gasteiger charge is 2.22. The Morgan fingerprint density at radius 1 is 1.13 bits per heavy atom. The molecule has 1 aromatic heterocycles. The molecule has 9 nitrogen and oxygen atoms in total. The van der Waals surface area contributed by atoms with Crippen LogP contribution in [-0.2, 0) is 21.4 Å². The zero-order valence-electron chi connectivity index (χ0n) is 18.0. The Bertz CT molecular complexity index is 972. The van der Waals surface area contributed by atoms with E-state index in [1.165, 1.54) is 26.2 Å². The van der Waals surface area contributed by atoms with Gasteiger partial charge in [-0.3, -0.25) is 4.79 Å². The Morgan fingerprint density at radius 2 is 1.81 bits per heavy atom. The van der Waals surface area contributed by atoms with Crippen molar-refractivity contribution < 1.29 is 17.9 Å². The molecule has 168 valence electrons. The van der Waals surface area contributed by atoms with Gasteiger partial charge < -0.3 is 19.9 Å². The molecule has 1 aliphatic rings. The lowest BCUT2D eigenvalue weighted by atomic mass is 10.2. The summed E-state index contributed by atoms with van der Waals surface area (Å²) in [6, 6.07) is 8.91. The normalized spacial score (nSPS) is 16.0. The largest absolute Gasteiger partial charge is 0.497 e.